The number of Topliss-reactive ketones (excluding diaryl/α,β-unsaturated/α-hetero) is 1. The second-order valence-corrected chi connectivity index (χ2v) is 6.49. The van der Waals surface area contributed by atoms with Gasteiger partial charge >= 0.3 is 11.9 Å². The van der Waals surface area contributed by atoms with Crippen molar-refractivity contribution in [2.45, 2.75) is 20.8 Å². The van der Waals surface area contributed by atoms with Crippen LogP contribution in [0.1, 0.15) is 49.4 Å². The number of aryl methyl sites for hydroxylation is 1. The number of aromatic amines is 1. The van der Waals surface area contributed by atoms with Crippen molar-refractivity contribution in [1.29, 1.82) is 0 Å². The van der Waals surface area contributed by atoms with Crippen LogP contribution in [0.25, 0.3) is 5.69 Å². The molecule has 0 spiro atoms. The van der Waals surface area contributed by atoms with Crippen molar-refractivity contribution in [2.75, 3.05) is 13.2 Å². The first-order valence-electron chi connectivity index (χ1n) is 9.22. The Morgan fingerprint density at radius 3 is 2.41 bits per heavy atom. The van der Waals surface area contributed by atoms with E-state index in [4.69, 9.17) is 9.47 Å². The number of aromatic nitrogens is 2. The largest absolute Gasteiger partial charge is 0.461 e. The molecule has 2 heterocycles. The van der Waals surface area contributed by atoms with Crippen molar-refractivity contribution in [2.24, 2.45) is 0 Å². The SMILES string of the molecule is CCOC(=O)c1[nH]c(C)c(C(=O)COC(=O)c2cccc(-n3cccc3)c2)c1C. The zero-order valence-corrected chi connectivity index (χ0v) is 16.5. The summed E-state index contributed by atoms with van der Waals surface area (Å²) in [5, 5.41) is 0. The van der Waals surface area contributed by atoms with Crippen LogP contribution in [0.4, 0.5) is 0 Å². The second-order valence-electron chi connectivity index (χ2n) is 6.49. The zero-order chi connectivity index (χ0) is 21.0. The highest BCUT2D eigenvalue weighted by atomic mass is 16.5. The molecule has 1 aromatic carbocycles. The Hall–Kier alpha value is -3.61. The smallest absolute Gasteiger partial charge is 0.355 e. The first-order chi connectivity index (χ1) is 13.9. The van der Waals surface area contributed by atoms with Gasteiger partial charge in [-0.05, 0) is 56.7 Å². The first-order valence-corrected chi connectivity index (χ1v) is 9.22. The van der Waals surface area contributed by atoms with E-state index < -0.39 is 18.5 Å². The van der Waals surface area contributed by atoms with Gasteiger partial charge in [-0.2, -0.15) is 0 Å². The van der Waals surface area contributed by atoms with E-state index in [1.54, 1.807) is 39.0 Å². The van der Waals surface area contributed by atoms with E-state index in [0.717, 1.165) is 5.69 Å². The molecule has 0 aliphatic heterocycles. The van der Waals surface area contributed by atoms with E-state index in [1.165, 1.54) is 0 Å². The predicted molar refractivity (Wildman–Crippen MR) is 107 cm³/mol. The van der Waals surface area contributed by atoms with Crippen LogP contribution in [0.3, 0.4) is 0 Å². The lowest BCUT2D eigenvalue weighted by Crippen LogP contribution is -2.16. The lowest BCUT2D eigenvalue weighted by atomic mass is 10.1. The summed E-state index contributed by atoms with van der Waals surface area (Å²) < 4.78 is 12.1. The molecule has 0 aliphatic carbocycles. The molecule has 0 unspecified atom stereocenters. The molecule has 0 radical (unpaired) electrons. The molecule has 3 rings (SSSR count). The van der Waals surface area contributed by atoms with E-state index in [-0.39, 0.29) is 18.1 Å². The summed E-state index contributed by atoms with van der Waals surface area (Å²) in [5.74, 6) is -1.50. The number of benzene rings is 1. The Morgan fingerprint density at radius 2 is 1.72 bits per heavy atom. The van der Waals surface area contributed by atoms with Gasteiger partial charge in [0.25, 0.3) is 0 Å². The lowest BCUT2D eigenvalue weighted by molar-refractivity contribution is 0.0473. The summed E-state index contributed by atoms with van der Waals surface area (Å²) in [5.41, 5.74) is 2.74. The third-order valence-corrected chi connectivity index (χ3v) is 4.51. The van der Waals surface area contributed by atoms with Crippen molar-refractivity contribution in [1.82, 2.24) is 9.55 Å². The molecule has 3 aromatic rings. The molecular formula is C22H22N2O5. The van der Waals surface area contributed by atoms with Gasteiger partial charge in [-0.1, -0.05) is 6.07 Å². The molecule has 0 atom stereocenters. The zero-order valence-electron chi connectivity index (χ0n) is 16.5. The number of ether oxygens (including phenoxy) is 2. The fraction of sp³-hybridized carbons (Fsp3) is 0.227. The van der Waals surface area contributed by atoms with E-state index in [9.17, 15) is 14.4 Å². The summed E-state index contributed by atoms with van der Waals surface area (Å²) in [7, 11) is 0. The highest BCUT2D eigenvalue weighted by molar-refractivity contribution is 6.04. The molecule has 0 amide bonds. The number of ketones is 1. The minimum atomic E-state index is -0.594. The van der Waals surface area contributed by atoms with Crippen LogP contribution in [0, 0.1) is 13.8 Å². The third-order valence-electron chi connectivity index (χ3n) is 4.51. The number of esters is 2. The molecule has 1 N–H and O–H groups in total. The van der Waals surface area contributed by atoms with Gasteiger partial charge < -0.3 is 19.0 Å². The van der Waals surface area contributed by atoms with Crippen LogP contribution in [0.15, 0.2) is 48.8 Å². The van der Waals surface area contributed by atoms with Gasteiger partial charge in [0.1, 0.15) is 5.69 Å². The first kappa shape index (κ1) is 20.1. The Bertz CT molecular complexity index is 1050. The van der Waals surface area contributed by atoms with Crippen molar-refractivity contribution in [3.63, 3.8) is 0 Å². The number of carbonyl (C=O) groups is 3. The summed E-state index contributed by atoms with van der Waals surface area (Å²) in [4.78, 5) is 39.9. The van der Waals surface area contributed by atoms with Crippen LogP contribution < -0.4 is 0 Å². The van der Waals surface area contributed by atoms with Gasteiger partial charge in [-0.3, -0.25) is 4.79 Å². The van der Waals surface area contributed by atoms with E-state index in [0.29, 0.717) is 22.4 Å². The molecule has 0 aliphatic rings. The normalized spacial score (nSPS) is 10.6. The molecule has 7 heteroatoms. The predicted octanol–water partition coefficient (Wildman–Crippen LogP) is 3.64. The highest BCUT2D eigenvalue weighted by Crippen LogP contribution is 2.20. The van der Waals surface area contributed by atoms with Crippen molar-refractivity contribution < 1.29 is 23.9 Å². The molecule has 2 aromatic heterocycles. The maximum absolute atomic E-state index is 12.6. The summed E-state index contributed by atoms with van der Waals surface area (Å²) >= 11 is 0. The minimum absolute atomic E-state index is 0.235. The van der Waals surface area contributed by atoms with Crippen LogP contribution in [-0.2, 0) is 9.47 Å². The van der Waals surface area contributed by atoms with Crippen molar-refractivity contribution >= 4 is 17.7 Å². The fourth-order valence-corrected chi connectivity index (χ4v) is 3.16. The summed E-state index contributed by atoms with van der Waals surface area (Å²) in [6.07, 6.45) is 3.74. The number of hydrogen-bond donors (Lipinski definition) is 1. The standard InChI is InChI=1S/C22H22N2O5/c1-4-28-22(27)20-14(2)19(15(3)23-20)18(25)13-29-21(26)16-8-7-9-17(12-16)24-10-5-6-11-24/h5-12,23H,4,13H2,1-3H3. The van der Waals surface area contributed by atoms with Gasteiger partial charge in [0.2, 0.25) is 5.78 Å². The van der Waals surface area contributed by atoms with Crippen LogP contribution >= 0.6 is 0 Å². The van der Waals surface area contributed by atoms with Crippen LogP contribution in [-0.4, -0.2) is 40.5 Å². The van der Waals surface area contributed by atoms with Crippen LogP contribution in [0.2, 0.25) is 0 Å². The van der Waals surface area contributed by atoms with Crippen LogP contribution in [0.5, 0.6) is 0 Å². The van der Waals surface area contributed by atoms with Gasteiger partial charge in [-0.25, -0.2) is 9.59 Å². The second kappa shape index (κ2) is 8.60. The number of nitrogens with zero attached hydrogens (tertiary/aromatic N) is 1. The number of H-pyrrole nitrogens is 1. The van der Waals surface area contributed by atoms with Crippen molar-refractivity contribution in [3.8, 4) is 5.69 Å². The Kier molecular flexibility index (Phi) is 5.97. The molecule has 0 saturated carbocycles. The monoisotopic (exact) mass is 394 g/mol. The average Bonchev–Trinajstić information content (AvgIpc) is 3.34. The molecule has 7 nitrogen and oxygen atoms in total. The summed E-state index contributed by atoms with van der Waals surface area (Å²) in [6.45, 7) is 4.87. The summed E-state index contributed by atoms with van der Waals surface area (Å²) in [6, 6.07) is 10.7. The maximum Gasteiger partial charge on any atom is 0.355 e. The number of carbonyl (C=O) groups excluding carboxylic acids is 3. The minimum Gasteiger partial charge on any atom is -0.461 e. The van der Waals surface area contributed by atoms with Crippen molar-refractivity contribution in [3.05, 3.63) is 76.9 Å². The number of nitrogens with one attached hydrogen (secondary N) is 1. The quantitative estimate of drug-likeness (QED) is 0.488. The Morgan fingerprint density at radius 1 is 1.00 bits per heavy atom. The van der Waals surface area contributed by atoms with Gasteiger partial charge in [-0.15, -0.1) is 0 Å². The molecular weight excluding hydrogens is 372 g/mol. The number of hydrogen-bond acceptors (Lipinski definition) is 5. The lowest BCUT2D eigenvalue weighted by Gasteiger charge is -2.08. The molecule has 150 valence electrons. The van der Waals surface area contributed by atoms with Gasteiger partial charge in [0.15, 0.2) is 6.61 Å². The molecule has 0 bridgehead atoms. The Balaban J connectivity index is 1.71. The third kappa shape index (κ3) is 4.29. The molecule has 29 heavy (non-hydrogen) atoms. The Labute approximate surface area is 168 Å². The fourth-order valence-electron chi connectivity index (χ4n) is 3.16. The topological polar surface area (TPSA) is 90.4 Å². The highest BCUT2D eigenvalue weighted by Gasteiger charge is 2.23. The maximum atomic E-state index is 12.6. The van der Waals surface area contributed by atoms with Gasteiger partial charge in [0, 0.05) is 29.3 Å². The number of rotatable bonds is 7. The van der Waals surface area contributed by atoms with E-state index >= 15 is 0 Å². The molecule has 0 saturated heterocycles. The van der Waals surface area contributed by atoms with E-state index in [1.807, 2.05) is 35.2 Å². The van der Waals surface area contributed by atoms with E-state index in [2.05, 4.69) is 4.98 Å². The molecule has 0 fully saturated rings. The average molecular weight is 394 g/mol. The van der Waals surface area contributed by atoms with Gasteiger partial charge in [0.05, 0.1) is 12.2 Å².